The highest BCUT2D eigenvalue weighted by molar-refractivity contribution is 8.42. The van der Waals surface area contributed by atoms with E-state index in [1.165, 1.54) is 0 Å². The maximum atomic E-state index is 8.11. The molecule has 0 fully saturated rings. The highest BCUT2D eigenvalue weighted by Crippen LogP contribution is 2.82. The van der Waals surface area contributed by atoms with Crippen molar-refractivity contribution in [2.75, 3.05) is 11.5 Å². The second-order valence-electron chi connectivity index (χ2n) is 9.57. The largest absolute Gasteiger partial charge is 0.399 e. The van der Waals surface area contributed by atoms with E-state index < -0.39 is 20.6 Å². The lowest BCUT2D eigenvalue weighted by atomic mass is 10.3. The first-order valence-corrected chi connectivity index (χ1v) is 16.5. The fourth-order valence-electron chi connectivity index (χ4n) is 4.97. The van der Waals surface area contributed by atoms with Gasteiger partial charge in [-0.05, 0) is 118 Å². The average Bonchev–Trinajstić information content (AvgIpc) is 3.05. The topological polar surface area (TPSA) is 61.3 Å². The predicted octanol–water partition coefficient (Wildman–Crippen LogP) is 9.96. The first kappa shape index (κ1) is 26.8. The van der Waals surface area contributed by atoms with E-state index in [9.17, 15) is 0 Å². The zero-order chi connectivity index (χ0) is 28.1. The molecular weight excluding hydrogens is 541 g/mol. The molecule has 0 radical (unpaired) electrons. The first-order valence-electron chi connectivity index (χ1n) is 13.4. The zero-order valence-electron chi connectivity index (χ0n) is 22.5. The van der Waals surface area contributed by atoms with Gasteiger partial charge in [-0.2, -0.15) is 0 Å². The van der Waals surface area contributed by atoms with Crippen molar-refractivity contribution >= 4 is 32.0 Å². The van der Waals surface area contributed by atoms with Crippen molar-refractivity contribution in [3.8, 4) is 0 Å². The van der Waals surface area contributed by atoms with Gasteiger partial charge in [0.2, 0.25) is 0 Å². The molecule has 6 aromatic carbocycles. The Labute approximate surface area is 245 Å². The number of anilines is 2. The second-order valence-corrected chi connectivity index (χ2v) is 15.2. The summed E-state index contributed by atoms with van der Waals surface area (Å²) in [6.07, 6.45) is 0. The van der Waals surface area contributed by atoms with Crippen molar-refractivity contribution < 1.29 is 3.63 Å². The third-order valence-electron chi connectivity index (χ3n) is 6.93. The maximum absolute atomic E-state index is 8.11. The van der Waals surface area contributed by atoms with Crippen LogP contribution in [-0.4, -0.2) is 0 Å². The number of benzene rings is 6. The molecule has 6 aromatic rings. The van der Waals surface area contributed by atoms with E-state index in [4.69, 9.17) is 15.1 Å². The molecule has 41 heavy (non-hydrogen) atoms. The molecule has 204 valence electrons. The predicted molar refractivity (Wildman–Crippen MR) is 173 cm³/mol. The first-order chi connectivity index (χ1) is 20.1. The smallest absolute Gasteiger partial charge is 0.0314 e. The quantitative estimate of drug-likeness (QED) is 0.178. The van der Waals surface area contributed by atoms with Gasteiger partial charge in [0.15, 0.2) is 0 Å². The molecule has 0 aromatic heterocycles. The normalized spacial score (nSPS) is 12.5. The van der Waals surface area contributed by atoms with E-state index in [0.717, 1.165) is 29.4 Å². The van der Waals surface area contributed by atoms with Gasteiger partial charge in [0.05, 0.1) is 0 Å². The fourth-order valence-corrected chi connectivity index (χ4v) is 12.9. The Morgan fingerprint density at radius 3 is 0.756 bits per heavy atom. The SMILES string of the molecule is Nc1ccc(S(OS(c2ccccc2)(c2ccccc2)c2ccc(N)cc2)(c2ccccc2)c2ccccc2)cc1. The van der Waals surface area contributed by atoms with Crippen LogP contribution in [-0.2, 0) is 3.63 Å². The van der Waals surface area contributed by atoms with Crippen LogP contribution in [0.3, 0.4) is 0 Å². The van der Waals surface area contributed by atoms with Gasteiger partial charge in [0, 0.05) is 40.7 Å². The monoisotopic (exact) mass is 572 g/mol. The average molecular weight is 573 g/mol. The lowest BCUT2D eigenvalue weighted by molar-refractivity contribution is 0.672. The molecular formula is C36H32N2OS2. The van der Waals surface area contributed by atoms with Crippen molar-refractivity contribution in [2.24, 2.45) is 0 Å². The summed E-state index contributed by atoms with van der Waals surface area (Å²) in [4.78, 5) is 6.57. The molecule has 3 nitrogen and oxygen atoms in total. The third-order valence-corrected chi connectivity index (χ3v) is 14.2. The van der Waals surface area contributed by atoms with Crippen molar-refractivity contribution in [3.63, 3.8) is 0 Å². The number of nitrogens with two attached hydrogens (primary N) is 2. The van der Waals surface area contributed by atoms with Gasteiger partial charge < -0.3 is 11.5 Å². The number of rotatable bonds is 8. The molecule has 0 heterocycles. The molecule has 0 aliphatic rings. The van der Waals surface area contributed by atoms with Gasteiger partial charge in [-0.15, -0.1) is 0 Å². The molecule has 0 saturated heterocycles. The Balaban J connectivity index is 1.76. The number of hydrogen-bond acceptors (Lipinski definition) is 3. The van der Waals surface area contributed by atoms with Crippen LogP contribution < -0.4 is 11.5 Å². The van der Waals surface area contributed by atoms with Crippen molar-refractivity contribution in [2.45, 2.75) is 29.4 Å². The molecule has 0 saturated carbocycles. The number of hydrogen-bond donors (Lipinski definition) is 2. The van der Waals surface area contributed by atoms with Crippen LogP contribution in [0, 0.1) is 0 Å². The highest BCUT2D eigenvalue weighted by atomic mass is 32.3. The molecule has 0 spiro atoms. The van der Waals surface area contributed by atoms with E-state index in [-0.39, 0.29) is 0 Å². The van der Waals surface area contributed by atoms with Crippen molar-refractivity contribution in [1.82, 2.24) is 0 Å². The van der Waals surface area contributed by atoms with Gasteiger partial charge in [-0.1, -0.05) is 72.8 Å². The summed E-state index contributed by atoms with van der Waals surface area (Å²) in [5.74, 6) is 0. The molecule has 5 heteroatoms. The summed E-state index contributed by atoms with van der Waals surface area (Å²) in [6, 6.07) is 58.7. The second kappa shape index (κ2) is 11.6. The van der Waals surface area contributed by atoms with E-state index in [0.29, 0.717) is 11.4 Å². The molecule has 0 aliphatic heterocycles. The van der Waals surface area contributed by atoms with Crippen LogP contribution in [0.1, 0.15) is 0 Å². The molecule has 0 amide bonds. The van der Waals surface area contributed by atoms with E-state index in [1.807, 2.05) is 24.3 Å². The maximum Gasteiger partial charge on any atom is 0.0314 e. The summed E-state index contributed by atoms with van der Waals surface area (Å²) in [7, 11) is -4.62. The summed E-state index contributed by atoms with van der Waals surface area (Å²) < 4.78 is 8.11. The highest BCUT2D eigenvalue weighted by Gasteiger charge is 2.43. The molecule has 0 atom stereocenters. The Kier molecular flexibility index (Phi) is 7.57. The third kappa shape index (κ3) is 5.00. The lowest BCUT2D eigenvalue weighted by Crippen LogP contribution is -2.15. The Morgan fingerprint density at radius 1 is 0.293 bits per heavy atom. The Hall–Kier alpha value is -4.42. The van der Waals surface area contributed by atoms with Crippen LogP contribution in [0.2, 0.25) is 0 Å². The van der Waals surface area contributed by atoms with Gasteiger partial charge in [0.1, 0.15) is 0 Å². The van der Waals surface area contributed by atoms with Gasteiger partial charge in [-0.25, -0.2) is 0 Å². The van der Waals surface area contributed by atoms with E-state index in [2.05, 4.69) is 146 Å². The van der Waals surface area contributed by atoms with Gasteiger partial charge in [-0.3, -0.25) is 3.63 Å². The van der Waals surface area contributed by atoms with Gasteiger partial charge >= 0.3 is 0 Å². The zero-order valence-corrected chi connectivity index (χ0v) is 24.2. The van der Waals surface area contributed by atoms with Crippen LogP contribution in [0.25, 0.3) is 0 Å². The summed E-state index contributed by atoms with van der Waals surface area (Å²) >= 11 is 0. The Bertz CT molecular complexity index is 1490. The van der Waals surface area contributed by atoms with Gasteiger partial charge in [0.25, 0.3) is 0 Å². The standard InChI is InChI=1S/C36H32N2OS2/c37-29-21-25-35(26-22-29)40(31-13-5-1-6-14-31,32-15-7-2-8-16-32)39-41(33-17-9-3-10-18-33,34-19-11-4-12-20-34)36-27-23-30(38)24-28-36/h1-28H,37-38H2. The van der Waals surface area contributed by atoms with Crippen LogP contribution in [0.15, 0.2) is 199 Å². The summed E-state index contributed by atoms with van der Waals surface area (Å²) in [5, 5.41) is 0. The lowest BCUT2D eigenvalue weighted by Gasteiger charge is -2.51. The molecule has 0 aliphatic carbocycles. The van der Waals surface area contributed by atoms with Crippen LogP contribution in [0.5, 0.6) is 0 Å². The molecule has 0 unspecified atom stereocenters. The van der Waals surface area contributed by atoms with Crippen LogP contribution in [0.4, 0.5) is 11.4 Å². The molecule has 6 rings (SSSR count). The minimum Gasteiger partial charge on any atom is -0.399 e. The summed E-state index contributed by atoms with van der Waals surface area (Å²) in [6.45, 7) is 0. The minimum absolute atomic E-state index is 0.714. The molecule has 4 N–H and O–H groups in total. The molecule has 0 bridgehead atoms. The van der Waals surface area contributed by atoms with Crippen molar-refractivity contribution in [1.29, 1.82) is 0 Å². The van der Waals surface area contributed by atoms with E-state index >= 15 is 0 Å². The Morgan fingerprint density at radius 2 is 0.512 bits per heavy atom. The van der Waals surface area contributed by atoms with Crippen molar-refractivity contribution in [3.05, 3.63) is 170 Å². The van der Waals surface area contributed by atoms with E-state index in [1.54, 1.807) is 0 Å². The number of nitrogen functional groups attached to an aromatic ring is 2. The fraction of sp³-hybridized carbons (Fsp3) is 0. The summed E-state index contributed by atoms with van der Waals surface area (Å²) in [5.41, 5.74) is 13.9. The van der Waals surface area contributed by atoms with Crippen LogP contribution >= 0.6 is 20.6 Å². The minimum atomic E-state index is -2.31.